The third kappa shape index (κ3) is 4.34. The number of aromatic nitrogens is 1. The van der Waals surface area contributed by atoms with E-state index in [0.29, 0.717) is 5.56 Å². The molecule has 32 heavy (non-hydrogen) atoms. The zero-order chi connectivity index (χ0) is 23.5. The van der Waals surface area contributed by atoms with Crippen LogP contribution in [-0.4, -0.2) is 43.9 Å². The van der Waals surface area contributed by atoms with Gasteiger partial charge < -0.3 is 14.5 Å². The van der Waals surface area contributed by atoms with Crippen molar-refractivity contribution in [3.63, 3.8) is 0 Å². The first-order chi connectivity index (χ1) is 15.2. The third-order valence-electron chi connectivity index (χ3n) is 4.87. The minimum absolute atomic E-state index is 0.00856. The molecule has 0 saturated carbocycles. The van der Waals surface area contributed by atoms with Gasteiger partial charge in [0, 0.05) is 36.1 Å². The monoisotopic (exact) mass is 455 g/mol. The molecule has 1 N–H and O–H groups in total. The van der Waals surface area contributed by atoms with Crippen molar-refractivity contribution in [2.45, 2.75) is 18.7 Å². The van der Waals surface area contributed by atoms with Gasteiger partial charge in [-0.25, -0.2) is 13.2 Å². The molecule has 0 aliphatic carbocycles. The Hall–Kier alpha value is -3.68. The lowest BCUT2D eigenvalue weighted by Crippen LogP contribution is -2.30. The summed E-state index contributed by atoms with van der Waals surface area (Å²) in [5.74, 6) is -0.658. The average Bonchev–Trinajstić information content (AvgIpc) is 2.78. The van der Waals surface area contributed by atoms with Crippen LogP contribution < -0.4 is 15.0 Å². The topological polar surface area (TPSA) is 130 Å². The van der Waals surface area contributed by atoms with Crippen LogP contribution in [0.5, 0.6) is 11.5 Å². The maximum absolute atomic E-state index is 13.0. The van der Waals surface area contributed by atoms with Gasteiger partial charge in [0.25, 0.3) is 0 Å². The molecule has 0 bridgehead atoms. The zero-order valence-electron chi connectivity index (χ0n) is 17.7. The van der Waals surface area contributed by atoms with Crippen LogP contribution in [0.15, 0.2) is 52.2 Å². The number of methoxy groups -OCH3 is 1. The molecule has 0 aliphatic rings. The summed E-state index contributed by atoms with van der Waals surface area (Å²) in [6.07, 6.45) is 0. The van der Waals surface area contributed by atoms with Crippen molar-refractivity contribution in [1.29, 1.82) is 5.26 Å². The van der Waals surface area contributed by atoms with E-state index in [-0.39, 0.29) is 46.0 Å². The van der Waals surface area contributed by atoms with Gasteiger partial charge in [-0.1, -0.05) is 13.8 Å². The molecule has 3 aromatic rings. The van der Waals surface area contributed by atoms with Gasteiger partial charge in [0.15, 0.2) is 11.5 Å². The van der Waals surface area contributed by atoms with E-state index in [4.69, 9.17) is 14.7 Å². The van der Waals surface area contributed by atoms with Crippen LogP contribution >= 0.6 is 0 Å². The number of hydrogen-bond donors (Lipinski definition) is 1. The Balaban J connectivity index is 2.11. The minimum atomic E-state index is -3.78. The SMILES string of the molecule is CCN(CC)S(=O)(=O)c1ccc2[nH]c(=O)cc(C(=O)Oc3ccc(C#N)cc3OC)c2c1. The Bertz CT molecular complexity index is 1390. The highest BCUT2D eigenvalue weighted by Gasteiger charge is 2.24. The lowest BCUT2D eigenvalue weighted by atomic mass is 10.1. The number of aromatic amines is 1. The number of carbonyl (C=O) groups excluding carboxylic acids is 1. The number of nitriles is 1. The summed E-state index contributed by atoms with van der Waals surface area (Å²) in [4.78, 5) is 27.6. The first-order valence-electron chi connectivity index (χ1n) is 9.72. The average molecular weight is 455 g/mol. The van der Waals surface area contributed by atoms with Gasteiger partial charge in [-0.3, -0.25) is 4.79 Å². The highest BCUT2D eigenvalue weighted by Crippen LogP contribution is 2.30. The van der Waals surface area contributed by atoms with Crippen LogP contribution in [0.2, 0.25) is 0 Å². The van der Waals surface area contributed by atoms with Crippen LogP contribution in [0.25, 0.3) is 10.9 Å². The van der Waals surface area contributed by atoms with Crippen molar-refractivity contribution < 1.29 is 22.7 Å². The Kier molecular flexibility index (Phi) is 6.62. The van der Waals surface area contributed by atoms with Crippen LogP contribution in [-0.2, 0) is 10.0 Å². The number of esters is 1. The highest BCUT2D eigenvalue weighted by molar-refractivity contribution is 7.89. The fourth-order valence-corrected chi connectivity index (χ4v) is 4.74. The van der Waals surface area contributed by atoms with Gasteiger partial charge in [-0.2, -0.15) is 9.57 Å². The molecule has 0 amide bonds. The number of fused-ring (bicyclic) bond motifs is 1. The van der Waals surface area contributed by atoms with Gasteiger partial charge in [0.2, 0.25) is 15.6 Å². The molecule has 10 heteroatoms. The minimum Gasteiger partial charge on any atom is -0.493 e. The van der Waals surface area contributed by atoms with Crippen molar-refractivity contribution >= 4 is 26.9 Å². The molecule has 0 atom stereocenters. The van der Waals surface area contributed by atoms with Gasteiger partial charge in [0.1, 0.15) is 0 Å². The van der Waals surface area contributed by atoms with E-state index in [1.54, 1.807) is 13.8 Å². The number of rotatable bonds is 7. The maximum atomic E-state index is 13.0. The molecule has 9 nitrogen and oxygen atoms in total. The fraction of sp³-hybridized carbons (Fsp3) is 0.227. The lowest BCUT2D eigenvalue weighted by Gasteiger charge is -2.19. The molecule has 3 rings (SSSR count). The van der Waals surface area contributed by atoms with E-state index in [1.807, 2.05) is 6.07 Å². The van der Waals surface area contributed by atoms with Gasteiger partial charge >= 0.3 is 5.97 Å². The second-order valence-corrected chi connectivity index (χ2v) is 8.65. The van der Waals surface area contributed by atoms with Crippen molar-refractivity contribution in [1.82, 2.24) is 9.29 Å². The van der Waals surface area contributed by atoms with Crippen molar-refractivity contribution in [2.75, 3.05) is 20.2 Å². The van der Waals surface area contributed by atoms with Gasteiger partial charge in [-0.05, 0) is 30.3 Å². The quantitative estimate of drug-likeness (QED) is 0.428. The van der Waals surface area contributed by atoms with Gasteiger partial charge in [-0.15, -0.1) is 0 Å². The predicted octanol–water partition coefficient (Wildman–Crippen LogP) is 2.66. The van der Waals surface area contributed by atoms with Crippen molar-refractivity contribution in [2.24, 2.45) is 0 Å². The van der Waals surface area contributed by atoms with Crippen molar-refractivity contribution in [3.8, 4) is 17.6 Å². The van der Waals surface area contributed by atoms with Crippen LogP contribution in [0, 0.1) is 11.3 Å². The number of nitrogens with zero attached hydrogens (tertiary/aromatic N) is 2. The normalized spacial score (nSPS) is 11.3. The second kappa shape index (κ2) is 9.21. The Morgan fingerprint density at radius 3 is 2.44 bits per heavy atom. The largest absolute Gasteiger partial charge is 0.493 e. The third-order valence-corrected chi connectivity index (χ3v) is 6.92. The summed E-state index contributed by atoms with van der Waals surface area (Å²) >= 11 is 0. The van der Waals surface area contributed by atoms with Crippen LogP contribution in [0.1, 0.15) is 29.8 Å². The molecular weight excluding hydrogens is 434 g/mol. The molecule has 1 heterocycles. The lowest BCUT2D eigenvalue weighted by molar-refractivity contribution is 0.0731. The number of pyridine rings is 1. The molecule has 2 aromatic carbocycles. The Labute approximate surface area is 184 Å². The highest BCUT2D eigenvalue weighted by atomic mass is 32.2. The summed E-state index contributed by atoms with van der Waals surface area (Å²) in [5, 5.41) is 9.24. The molecule has 0 fully saturated rings. The van der Waals surface area contributed by atoms with Gasteiger partial charge in [0.05, 0.1) is 29.2 Å². The van der Waals surface area contributed by atoms with Crippen LogP contribution in [0.3, 0.4) is 0 Å². The number of hydrogen-bond acceptors (Lipinski definition) is 7. The summed E-state index contributed by atoms with van der Waals surface area (Å²) in [6.45, 7) is 4.03. The second-order valence-electron chi connectivity index (χ2n) is 6.71. The molecule has 0 aliphatic heterocycles. The number of benzene rings is 2. The Morgan fingerprint density at radius 2 is 1.81 bits per heavy atom. The molecule has 0 radical (unpaired) electrons. The Morgan fingerprint density at radius 1 is 1.09 bits per heavy atom. The van der Waals surface area contributed by atoms with E-state index in [9.17, 15) is 18.0 Å². The van der Waals surface area contributed by atoms with Crippen molar-refractivity contribution in [3.05, 3.63) is 63.9 Å². The molecule has 166 valence electrons. The number of sulfonamides is 1. The fourth-order valence-electron chi connectivity index (χ4n) is 3.25. The first kappa shape index (κ1) is 23.0. The number of H-pyrrole nitrogens is 1. The standard InChI is InChI=1S/C22H21N3O6S/c1-4-25(5-2)32(28,29)15-7-8-18-16(11-15)17(12-21(26)24-18)22(27)31-19-9-6-14(13-23)10-20(19)30-3/h6-12H,4-5H2,1-3H3,(H,24,26). The van der Waals surface area contributed by atoms with E-state index in [0.717, 1.165) is 6.07 Å². The number of ether oxygens (including phenoxy) is 2. The summed E-state index contributed by atoms with van der Waals surface area (Å²) < 4.78 is 37.7. The number of nitrogens with one attached hydrogen (secondary N) is 1. The summed E-state index contributed by atoms with van der Waals surface area (Å²) in [6, 6.07) is 11.4. The molecule has 0 unspecified atom stereocenters. The predicted molar refractivity (Wildman–Crippen MR) is 117 cm³/mol. The summed E-state index contributed by atoms with van der Waals surface area (Å²) in [5.41, 5.74) is -0.0494. The number of carbonyl (C=O) groups is 1. The van der Waals surface area contributed by atoms with E-state index in [1.165, 1.54) is 47.8 Å². The van der Waals surface area contributed by atoms with E-state index < -0.39 is 21.6 Å². The molecule has 0 saturated heterocycles. The first-order valence-corrected chi connectivity index (χ1v) is 11.2. The smallest absolute Gasteiger partial charge is 0.344 e. The molecular formula is C22H21N3O6S. The van der Waals surface area contributed by atoms with E-state index in [2.05, 4.69) is 4.98 Å². The van der Waals surface area contributed by atoms with Crippen LogP contribution in [0.4, 0.5) is 0 Å². The van der Waals surface area contributed by atoms with E-state index >= 15 is 0 Å². The molecule has 0 spiro atoms. The maximum Gasteiger partial charge on any atom is 0.344 e. The zero-order valence-corrected chi connectivity index (χ0v) is 18.5. The summed E-state index contributed by atoms with van der Waals surface area (Å²) in [7, 11) is -2.42. The molecule has 1 aromatic heterocycles.